The number of benzene rings is 1. The number of imidazole rings is 1. The molecule has 0 unspecified atom stereocenters. The molecule has 9 heteroatoms. The number of sulfonamides is 1. The molecule has 3 heterocycles. The number of thiazole rings is 1. The van der Waals surface area contributed by atoms with Crippen molar-refractivity contribution in [2.45, 2.75) is 11.4 Å². The van der Waals surface area contributed by atoms with Crippen molar-refractivity contribution < 1.29 is 8.42 Å². The van der Waals surface area contributed by atoms with Gasteiger partial charge in [0.25, 0.3) is 10.0 Å². The van der Waals surface area contributed by atoms with Crippen LogP contribution in [-0.2, 0) is 16.6 Å². The molecule has 0 atom stereocenters. The van der Waals surface area contributed by atoms with E-state index < -0.39 is 10.0 Å². The van der Waals surface area contributed by atoms with Crippen LogP contribution in [0.3, 0.4) is 0 Å². The number of hydrogen-bond donors (Lipinski definition) is 1. The van der Waals surface area contributed by atoms with Crippen LogP contribution in [0.15, 0.2) is 53.3 Å². The molecule has 1 aliphatic rings. The summed E-state index contributed by atoms with van der Waals surface area (Å²) in [6.07, 6.45) is 4.99. The maximum absolute atomic E-state index is 13.1. The van der Waals surface area contributed by atoms with E-state index >= 15 is 0 Å². The summed E-state index contributed by atoms with van der Waals surface area (Å²) in [5.74, 6) is 0. The Bertz CT molecular complexity index is 923. The van der Waals surface area contributed by atoms with Gasteiger partial charge in [-0.25, -0.2) is 22.7 Å². The molecule has 0 amide bonds. The first-order chi connectivity index (χ1) is 11.7. The zero-order valence-corrected chi connectivity index (χ0v) is 14.3. The fourth-order valence-corrected chi connectivity index (χ4v) is 5.31. The maximum atomic E-state index is 13.1. The van der Waals surface area contributed by atoms with Gasteiger partial charge in [-0.05, 0) is 12.1 Å². The van der Waals surface area contributed by atoms with Crippen molar-refractivity contribution in [3.8, 4) is 0 Å². The maximum Gasteiger partial charge on any atom is 0.268 e. The molecule has 0 bridgehead atoms. The monoisotopic (exact) mass is 361 g/mol. The van der Waals surface area contributed by atoms with Crippen molar-refractivity contribution in [2.24, 2.45) is 0 Å². The van der Waals surface area contributed by atoms with Gasteiger partial charge in [0.1, 0.15) is 4.90 Å². The van der Waals surface area contributed by atoms with Gasteiger partial charge >= 0.3 is 0 Å². The molecule has 1 aromatic carbocycles. The van der Waals surface area contributed by atoms with Crippen molar-refractivity contribution >= 4 is 32.2 Å². The van der Waals surface area contributed by atoms with Gasteiger partial charge in [0, 0.05) is 24.3 Å². The van der Waals surface area contributed by atoms with Crippen LogP contribution in [0.1, 0.15) is 5.69 Å². The molecule has 0 radical (unpaired) electrons. The van der Waals surface area contributed by atoms with E-state index in [4.69, 9.17) is 0 Å². The van der Waals surface area contributed by atoms with Gasteiger partial charge in [-0.2, -0.15) is 0 Å². The SMILES string of the molecule is O=S1(=O)c2ccccc2N(Cc2cnc[nH]2)CCN1c1nccs1. The molecule has 3 aromatic rings. The number of hydrogen-bond acceptors (Lipinski definition) is 6. The quantitative estimate of drug-likeness (QED) is 0.772. The second-order valence-electron chi connectivity index (χ2n) is 5.36. The van der Waals surface area contributed by atoms with Gasteiger partial charge in [0.05, 0.1) is 30.8 Å². The van der Waals surface area contributed by atoms with Gasteiger partial charge in [-0.3, -0.25) is 0 Å². The second kappa shape index (κ2) is 5.91. The summed E-state index contributed by atoms with van der Waals surface area (Å²) in [5, 5.41) is 2.28. The number of fused-ring (bicyclic) bond motifs is 1. The predicted octanol–water partition coefficient (Wildman–Crippen LogP) is 2.08. The summed E-state index contributed by atoms with van der Waals surface area (Å²) in [5.41, 5.74) is 1.64. The normalized spacial score (nSPS) is 16.7. The topological polar surface area (TPSA) is 82.2 Å². The van der Waals surface area contributed by atoms with Gasteiger partial charge in [0.2, 0.25) is 0 Å². The van der Waals surface area contributed by atoms with E-state index in [1.54, 1.807) is 36.2 Å². The third kappa shape index (κ3) is 2.55. The first kappa shape index (κ1) is 15.2. The number of aromatic nitrogens is 3. The zero-order valence-electron chi connectivity index (χ0n) is 12.7. The lowest BCUT2D eigenvalue weighted by Crippen LogP contribution is -2.34. The summed E-state index contributed by atoms with van der Waals surface area (Å²) in [4.78, 5) is 13.6. The second-order valence-corrected chi connectivity index (χ2v) is 8.06. The summed E-state index contributed by atoms with van der Waals surface area (Å²) in [7, 11) is -3.64. The number of anilines is 2. The summed E-state index contributed by atoms with van der Waals surface area (Å²) in [6, 6.07) is 7.09. The molecule has 0 saturated heterocycles. The third-order valence-corrected chi connectivity index (χ3v) is 6.64. The molecular formula is C15H15N5O2S2. The number of para-hydroxylation sites is 1. The highest BCUT2D eigenvalue weighted by Gasteiger charge is 2.33. The van der Waals surface area contributed by atoms with E-state index in [0.717, 1.165) is 5.69 Å². The molecule has 124 valence electrons. The largest absolute Gasteiger partial charge is 0.363 e. The van der Waals surface area contributed by atoms with Crippen molar-refractivity contribution in [3.05, 3.63) is 54.1 Å². The Kier molecular flexibility index (Phi) is 3.73. The molecule has 24 heavy (non-hydrogen) atoms. The molecule has 1 N–H and O–H groups in total. The molecule has 0 saturated carbocycles. The molecule has 0 fully saturated rings. The van der Waals surface area contributed by atoms with E-state index in [1.165, 1.54) is 15.6 Å². The minimum absolute atomic E-state index is 0.303. The number of nitrogens with zero attached hydrogens (tertiary/aromatic N) is 4. The molecular weight excluding hydrogens is 346 g/mol. The lowest BCUT2D eigenvalue weighted by molar-refractivity contribution is 0.593. The van der Waals surface area contributed by atoms with E-state index in [0.29, 0.717) is 35.3 Å². The number of rotatable bonds is 3. The Labute approximate surface area is 143 Å². The van der Waals surface area contributed by atoms with E-state index in [2.05, 4.69) is 15.0 Å². The highest BCUT2D eigenvalue weighted by atomic mass is 32.2. The molecule has 4 rings (SSSR count). The van der Waals surface area contributed by atoms with E-state index in [-0.39, 0.29) is 0 Å². The van der Waals surface area contributed by atoms with Gasteiger partial charge in [0.15, 0.2) is 5.13 Å². The van der Waals surface area contributed by atoms with Crippen LogP contribution < -0.4 is 9.21 Å². The van der Waals surface area contributed by atoms with Crippen LogP contribution in [0.2, 0.25) is 0 Å². The number of aromatic amines is 1. The summed E-state index contributed by atoms with van der Waals surface area (Å²) >= 11 is 1.32. The fourth-order valence-electron chi connectivity index (χ4n) is 2.79. The van der Waals surface area contributed by atoms with E-state index in [9.17, 15) is 8.42 Å². The molecule has 1 aliphatic heterocycles. The standard InChI is InChI=1S/C15H15N5O2S2/c21-24(22)14-4-2-1-3-13(14)19(10-12-9-16-11-18-12)6-7-20(24)15-17-5-8-23-15/h1-5,8-9,11H,6-7,10H2,(H,16,18). The Balaban J connectivity index is 1.79. The van der Waals surface area contributed by atoms with Crippen LogP contribution in [0.25, 0.3) is 0 Å². The lowest BCUT2D eigenvalue weighted by Gasteiger charge is -2.23. The van der Waals surface area contributed by atoms with Crippen LogP contribution in [-0.4, -0.2) is 36.5 Å². The Morgan fingerprint density at radius 1 is 1.25 bits per heavy atom. The number of H-pyrrole nitrogens is 1. The van der Waals surface area contributed by atoms with Crippen molar-refractivity contribution in [3.63, 3.8) is 0 Å². The van der Waals surface area contributed by atoms with Crippen molar-refractivity contribution in [2.75, 3.05) is 22.3 Å². The first-order valence-electron chi connectivity index (χ1n) is 7.40. The fraction of sp³-hybridized carbons (Fsp3) is 0.200. The highest BCUT2D eigenvalue weighted by molar-refractivity contribution is 7.93. The minimum atomic E-state index is -3.64. The van der Waals surface area contributed by atoms with Crippen LogP contribution in [0.5, 0.6) is 0 Å². The summed E-state index contributed by atoms with van der Waals surface area (Å²) in [6.45, 7) is 1.48. The molecule has 7 nitrogen and oxygen atoms in total. The minimum Gasteiger partial charge on any atom is -0.363 e. The highest BCUT2D eigenvalue weighted by Crippen LogP contribution is 2.34. The zero-order chi connectivity index (χ0) is 16.6. The lowest BCUT2D eigenvalue weighted by atomic mass is 10.2. The molecule has 2 aromatic heterocycles. The third-order valence-electron chi connectivity index (χ3n) is 3.90. The van der Waals surface area contributed by atoms with Crippen LogP contribution in [0, 0.1) is 0 Å². The average Bonchev–Trinajstić information content (AvgIpc) is 3.26. The van der Waals surface area contributed by atoms with Crippen LogP contribution in [0.4, 0.5) is 10.8 Å². The smallest absolute Gasteiger partial charge is 0.268 e. The van der Waals surface area contributed by atoms with E-state index in [1.807, 2.05) is 17.0 Å². The Morgan fingerprint density at radius 2 is 2.12 bits per heavy atom. The number of nitrogens with one attached hydrogen (secondary N) is 1. The van der Waals surface area contributed by atoms with Gasteiger partial charge in [-0.15, -0.1) is 11.3 Å². The van der Waals surface area contributed by atoms with Gasteiger partial charge in [-0.1, -0.05) is 12.1 Å². The molecule has 0 aliphatic carbocycles. The van der Waals surface area contributed by atoms with Crippen LogP contribution >= 0.6 is 11.3 Å². The Hall–Kier alpha value is -2.39. The average molecular weight is 361 g/mol. The van der Waals surface area contributed by atoms with Crippen molar-refractivity contribution in [1.29, 1.82) is 0 Å². The van der Waals surface area contributed by atoms with Crippen molar-refractivity contribution in [1.82, 2.24) is 15.0 Å². The summed E-state index contributed by atoms with van der Waals surface area (Å²) < 4.78 is 27.6. The molecule has 0 spiro atoms. The van der Waals surface area contributed by atoms with Gasteiger partial charge < -0.3 is 9.88 Å². The Morgan fingerprint density at radius 3 is 2.88 bits per heavy atom. The first-order valence-corrected chi connectivity index (χ1v) is 9.72. The predicted molar refractivity (Wildman–Crippen MR) is 92.7 cm³/mol.